The van der Waals surface area contributed by atoms with Gasteiger partial charge in [-0.2, -0.15) is 5.10 Å². The molecule has 2 aromatic rings. The van der Waals surface area contributed by atoms with E-state index in [2.05, 4.69) is 41.7 Å². The van der Waals surface area contributed by atoms with E-state index in [9.17, 15) is 0 Å². The molecule has 0 radical (unpaired) electrons. The molecular weight excluding hydrogens is 274 g/mol. The van der Waals surface area contributed by atoms with Gasteiger partial charge in [0.15, 0.2) is 0 Å². The van der Waals surface area contributed by atoms with Gasteiger partial charge < -0.3 is 10.1 Å². The average Bonchev–Trinajstić information content (AvgIpc) is 2.96. The molecular formula is C18H25N3O. The minimum atomic E-state index is 0.582. The Morgan fingerprint density at radius 2 is 2.27 bits per heavy atom. The Morgan fingerprint density at radius 3 is 3.05 bits per heavy atom. The largest absolute Gasteiger partial charge is 0.497 e. The highest BCUT2D eigenvalue weighted by molar-refractivity contribution is 5.37. The van der Waals surface area contributed by atoms with Gasteiger partial charge in [-0.25, -0.2) is 0 Å². The van der Waals surface area contributed by atoms with Crippen LogP contribution in [0, 0.1) is 6.92 Å². The summed E-state index contributed by atoms with van der Waals surface area (Å²) in [7, 11) is 1.73. The third-order valence-electron chi connectivity index (χ3n) is 4.40. The summed E-state index contributed by atoms with van der Waals surface area (Å²) >= 11 is 0. The normalized spacial score (nSPS) is 17.3. The third-order valence-corrected chi connectivity index (χ3v) is 4.40. The van der Waals surface area contributed by atoms with Gasteiger partial charge in [0.25, 0.3) is 0 Å². The van der Waals surface area contributed by atoms with E-state index in [1.807, 2.05) is 10.9 Å². The zero-order valence-electron chi connectivity index (χ0n) is 13.5. The van der Waals surface area contributed by atoms with Gasteiger partial charge in [0.2, 0.25) is 0 Å². The van der Waals surface area contributed by atoms with Gasteiger partial charge >= 0.3 is 0 Å². The van der Waals surface area contributed by atoms with E-state index in [-0.39, 0.29) is 0 Å². The van der Waals surface area contributed by atoms with E-state index in [0.717, 1.165) is 38.1 Å². The van der Waals surface area contributed by atoms with Gasteiger partial charge in [-0.05, 0) is 68.0 Å². The quantitative estimate of drug-likeness (QED) is 0.834. The number of hydrogen-bond acceptors (Lipinski definition) is 3. The van der Waals surface area contributed by atoms with Crippen LogP contribution < -0.4 is 10.1 Å². The first-order valence-corrected chi connectivity index (χ1v) is 8.13. The summed E-state index contributed by atoms with van der Waals surface area (Å²) in [6, 6.07) is 7.05. The summed E-state index contributed by atoms with van der Waals surface area (Å²) in [6.07, 6.45) is 8.62. The number of methoxy groups -OCH3 is 1. The summed E-state index contributed by atoms with van der Waals surface area (Å²) in [4.78, 5) is 0. The van der Waals surface area contributed by atoms with Crippen molar-refractivity contribution in [3.63, 3.8) is 0 Å². The van der Waals surface area contributed by atoms with E-state index in [1.165, 1.54) is 23.1 Å². The summed E-state index contributed by atoms with van der Waals surface area (Å²) in [6.45, 7) is 4.11. The number of fused-ring (bicyclic) bond motifs is 1. The number of benzene rings is 1. The van der Waals surface area contributed by atoms with Gasteiger partial charge in [-0.3, -0.25) is 4.68 Å². The molecule has 1 aromatic heterocycles. The highest BCUT2D eigenvalue weighted by atomic mass is 16.5. The van der Waals surface area contributed by atoms with Crippen molar-refractivity contribution in [2.24, 2.45) is 0 Å². The smallest absolute Gasteiger partial charge is 0.119 e. The summed E-state index contributed by atoms with van der Waals surface area (Å²) < 4.78 is 7.36. The molecule has 0 saturated carbocycles. The summed E-state index contributed by atoms with van der Waals surface area (Å²) in [5.74, 6) is 0.966. The monoisotopic (exact) mass is 299 g/mol. The average molecular weight is 299 g/mol. The minimum absolute atomic E-state index is 0.582. The molecule has 0 spiro atoms. The van der Waals surface area contributed by atoms with Crippen LogP contribution in [-0.2, 0) is 19.4 Å². The molecule has 3 rings (SSSR count). The molecule has 4 nitrogen and oxygen atoms in total. The first-order chi connectivity index (χ1) is 10.7. The van der Waals surface area contributed by atoms with E-state index < -0.39 is 0 Å². The molecule has 118 valence electrons. The number of nitrogens with zero attached hydrogens (tertiary/aromatic N) is 2. The molecule has 0 aliphatic heterocycles. The lowest BCUT2D eigenvalue weighted by atomic mass is 9.88. The molecule has 22 heavy (non-hydrogen) atoms. The maximum Gasteiger partial charge on any atom is 0.119 e. The van der Waals surface area contributed by atoms with Crippen molar-refractivity contribution < 1.29 is 4.74 Å². The lowest BCUT2D eigenvalue weighted by Gasteiger charge is -2.26. The zero-order chi connectivity index (χ0) is 15.4. The van der Waals surface area contributed by atoms with E-state index >= 15 is 0 Å². The second kappa shape index (κ2) is 6.97. The van der Waals surface area contributed by atoms with Gasteiger partial charge in [0, 0.05) is 18.8 Å². The maximum atomic E-state index is 5.33. The van der Waals surface area contributed by atoms with Crippen molar-refractivity contribution in [1.29, 1.82) is 0 Å². The van der Waals surface area contributed by atoms with Crippen LogP contribution in [0.15, 0.2) is 30.6 Å². The SMILES string of the molecule is COc1ccc2c(c1)C[C@H](NCCCn1cc(C)cn1)CC2. The number of hydrogen-bond donors (Lipinski definition) is 1. The topological polar surface area (TPSA) is 39.1 Å². The third kappa shape index (κ3) is 3.69. The Bertz CT molecular complexity index is 621. The second-order valence-corrected chi connectivity index (χ2v) is 6.16. The molecule has 0 bridgehead atoms. The van der Waals surface area contributed by atoms with Crippen molar-refractivity contribution in [2.45, 2.75) is 45.2 Å². The van der Waals surface area contributed by atoms with Crippen molar-refractivity contribution in [3.05, 3.63) is 47.3 Å². The van der Waals surface area contributed by atoms with Crippen LogP contribution in [0.4, 0.5) is 0 Å². The Kier molecular flexibility index (Phi) is 4.78. The fourth-order valence-electron chi connectivity index (χ4n) is 3.17. The molecule has 1 atom stereocenters. The fourth-order valence-corrected chi connectivity index (χ4v) is 3.17. The Hall–Kier alpha value is -1.81. The van der Waals surface area contributed by atoms with Crippen molar-refractivity contribution in [3.8, 4) is 5.75 Å². The highest BCUT2D eigenvalue weighted by Crippen LogP contribution is 2.25. The second-order valence-electron chi connectivity index (χ2n) is 6.16. The Morgan fingerprint density at radius 1 is 1.36 bits per heavy atom. The van der Waals surface area contributed by atoms with Crippen LogP contribution in [-0.4, -0.2) is 29.5 Å². The van der Waals surface area contributed by atoms with E-state index in [4.69, 9.17) is 4.74 Å². The first-order valence-electron chi connectivity index (χ1n) is 8.13. The molecule has 1 heterocycles. The van der Waals surface area contributed by atoms with Crippen LogP contribution >= 0.6 is 0 Å². The molecule has 1 aliphatic rings. The fraction of sp³-hybridized carbons (Fsp3) is 0.500. The molecule has 0 unspecified atom stereocenters. The van der Waals surface area contributed by atoms with E-state index in [1.54, 1.807) is 7.11 Å². The standard InChI is InChI=1S/C18H25N3O/c1-14-12-20-21(13-14)9-3-8-19-17-6-4-15-5-7-18(22-2)11-16(15)10-17/h5,7,11-13,17,19H,3-4,6,8-10H2,1-2H3/t17-/m1/s1. The van der Waals surface area contributed by atoms with Crippen LogP contribution in [0.3, 0.4) is 0 Å². The molecule has 4 heteroatoms. The van der Waals surface area contributed by atoms with Gasteiger partial charge in [-0.15, -0.1) is 0 Å². The minimum Gasteiger partial charge on any atom is -0.497 e. The lowest BCUT2D eigenvalue weighted by Crippen LogP contribution is -2.35. The van der Waals surface area contributed by atoms with Crippen LogP contribution in [0.5, 0.6) is 5.75 Å². The lowest BCUT2D eigenvalue weighted by molar-refractivity contribution is 0.410. The highest BCUT2D eigenvalue weighted by Gasteiger charge is 2.18. The molecule has 0 saturated heterocycles. The van der Waals surface area contributed by atoms with E-state index in [0.29, 0.717) is 6.04 Å². The Labute approximate surface area is 132 Å². The Balaban J connectivity index is 1.46. The van der Waals surface area contributed by atoms with Crippen molar-refractivity contribution in [2.75, 3.05) is 13.7 Å². The summed E-state index contributed by atoms with van der Waals surface area (Å²) in [5.41, 5.74) is 4.14. The van der Waals surface area contributed by atoms with Gasteiger partial charge in [0.1, 0.15) is 5.75 Å². The molecule has 0 amide bonds. The number of aromatic nitrogens is 2. The van der Waals surface area contributed by atoms with Crippen LogP contribution in [0.2, 0.25) is 0 Å². The van der Waals surface area contributed by atoms with Crippen LogP contribution in [0.25, 0.3) is 0 Å². The van der Waals surface area contributed by atoms with Gasteiger partial charge in [-0.1, -0.05) is 6.07 Å². The van der Waals surface area contributed by atoms with Crippen molar-refractivity contribution >= 4 is 0 Å². The van der Waals surface area contributed by atoms with Gasteiger partial charge in [0.05, 0.1) is 13.3 Å². The predicted molar refractivity (Wildman–Crippen MR) is 88.4 cm³/mol. The molecule has 1 aromatic carbocycles. The number of ether oxygens (including phenoxy) is 1. The molecule has 1 aliphatic carbocycles. The molecule has 1 N–H and O–H groups in total. The number of aryl methyl sites for hydroxylation is 3. The maximum absolute atomic E-state index is 5.33. The first kappa shape index (κ1) is 15.1. The van der Waals surface area contributed by atoms with Crippen LogP contribution in [0.1, 0.15) is 29.5 Å². The summed E-state index contributed by atoms with van der Waals surface area (Å²) in [5, 5.41) is 8.02. The number of rotatable bonds is 6. The number of nitrogens with one attached hydrogen (secondary N) is 1. The van der Waals surface area contributed by atoms with Crippen molar-refractivity contribution in [1.82, 2.24) is 15.1 Å². The zero-order valence-corrected chi connectivity index (χ0v) is 13.5. The predicted octanol–water partition coefficient (Wildman–Crippen LogP) is 2.74. The molecule has 0 fully saturated rings.